The number of rotatable bonds is 6. The number of nitrogens with zero attached hydrogens (tertiary/aromatic N) is 2. The maximum absolute atomic E-state index is 12.2. The van der Waals surface area contributed by atoms with Crippen molar-refractivity contribution in [2.75, 3.05) is 6.54 Å². The minimum absolute atomic E-state index is 0.0714. The zero-order valence-electron chi connectivity index (χ0n) is 13.6. The lowest BCUT2D eigenvalue weighted by atomic mass is 10.1. The maximum Gasteiger partial charge on any atom is 0.189 e. The van der Waals surface area contributed by atoms with Gasteiger partial charge >= 0.3 is 0 Å². The van der Waals surface area contributed by atoms with Crippen molar-refractivity contribution in [1.29, 1.82) is 0 Å². The van der Waals surface area contributed by atoms with Crippen molar-refractivity contribution in [3.8, 4) is 0 Å². The summed E-state index contributed by atoms with van der Waals surface area (Å²) in [5.74, 6) is 1.10. The third-order valence-corrected chi connectivity index (χ3v) is 4.00. The number of aryl methyl sites for hydroxylation is 2. The van der Waals surface area contributed by atoms with Gasteiger partial charge in [0.25, 0.3) is 0 Å². The summed E-state index contributed by atoms with van der Waals surface area (Å²) in [7, 11) is 0. The fraction of sp³-hybridized carbons (Fsp3) is 0.333. The second-order valence-electron chi connectivity index (χ2n) is 5.78. The van der Waals surface area contributed by atoms with Crippen LogP contribution in [0.25, 0.3) is 10.9 Å². The van der Waals surface area contributed by atoms with Gasteiger partial charge in [0.1, 0.15) is 5.82 Å². The largest absolute Gasteiger partial charge is 0.357 e. The number of nitrogens with one attached hydrogen (secondary N) is 2. The molecule has 0 aliphatic rings. The number of pyridine rings is 1. The predicted octanol–water partition coefficient (Wildman–Crippen LogP) is 2.39. The number of aromatic amines is 1. The van der Waals surface area contributed by atoms with Gasteiger partial charge in [-0.3, -0.25) is 4.79 Å². The van der Waals surface area contributed by atoms with Crippen molar-refractivity contribution in [3.05, 3.63) is 64.0 Å². The van der Waals surface area contributed by atoms with E-state index in [0.717, 1.165) is 47.5 Å². The molecule has 0 saturated heterocycles. The van der Waals surface area contributed by atoms with Gasteiger partial charge in [-0.25, -0.2) is 4.98 Å². The van der Waals surface area contributed by atoms with Crippen LogP contribution >= 0.6 is 0 Å². The molecule has 0 bridgehead atoms. The molecule has 1 aromatic carbocycles. The van der Waals surface area contributed by atoms with Gasteiger partial charge in [0.2, 0.25) is 0 Å². The highest BCUT2D eigenvalue weighted by molar-refractivity contribution is 5.79. The Balaban J connectivity index is 1.63. The third-order valence-electron chi connectivity index (χ3n) is 4.00. The predicted molar refractivity (Wildman–Crippen MR) is 92.6 cm³/mol. The van der Waals surface area contributed by atoms with Crippen LogP contribution in [0, 0.1) is 6.92 Å². The van der Waals surface area contributed by atoms with Gasteiger partial charge in [-0.15, -0.1) is 0 Å². The van der Waals surface area contributed by atoms with Gasteiger partial charge < -0.3 is 14.9 Å². The van der Waals surface area contributed by atoms with E-state index in [1.54, 1.807) is 6.07 Å². The van der Waals surface area contributed by atoms with E-state index >= 15 is 0 Å². The smallest absolute Gasteiger partial charge is 0.189 e. The van der Waals surface area contributed by atoms with E-state index < -0.39 is 0 Å². The van der Waals surface area contributed by atoms with Crippen molar-refractivity contribution in [1.82, 2.24) is 19.9 Å². The lowest BCUT2D eigenvalue weighted by Crippen LogP contribution is -2.21. The van der Waals surface area contributed by atoms with Crippen molar-refractivity contribution >= 4 is 10.9 Å². The Kier molecular flexibility index (Phi) is 4.57. The van der Waals surface area contributed by atoms with Gasteiger partial charge in [0.15, 0.2) is 5.43 Å². The molecule has 2 aromatic heterocycles. The molecule has 0 aliphatic carbocycles. The third kappa shape index (κ3) is 3.51. The minimum Gasteiger partial charge on any atom is -0.357 e. The molecule has 0 amide bonds. The van der Waals surface area contributed by atoms with E-state index in [2.05, 4.69) is 26.8 Å². The lowest BCUT2D eigenvalue weighted by Gasteiger charge is -2.09. The van der Waals surface area contributed by atoms with Crippen molar-refractivity contribution < 1.29 is 0 Å². The van der Waals surface area contributed by atoms with Crippen molar-refractivity contribution in [2.45, 2.75) is 33.4 Å². The van der Waals surface area contributed by atoms with Crippen LogP contribution in [0.15, 0.2) is 41.5 Å². The summed E-state index contributed by atoms with van der Waals surface area (Å²) < 4.78 is 2.15. The number of hydrogen-bond donors (Lipinski definition) is 2. The van der Waals surface area contributed by atoms with Gasteiger partial charge in [-0.1, -0.05) is 18.6 Å². The number of aromatic nitrogens is 3. The van der Waals surface area contributed by atoms with E-state index in [9.17, 15) is 4.79 Å². The minimum atomic E-state index is 0.0714. The number of imidazole rings is 1. The first kappa shape index (κ1) is 15.5. The monoisotopic (exact) mass is 310 g/mol. The van der Waals surface area contributed by atoms with E-state index in [0.29, 0.717) is 6.54 Å². The summed E-state index contributed by atoms with van der Waals surface area (Å²) in [5.41, 5.74) is 2.97. The summed E-state index contributed by atoms with van der Waals surface area (Å²) in [6.45, 7) is 6.45. The molecule has 120 valence electrons. The molecular weight excluding hydrogens is 288 g/mol. The van der Waals surface area contributed by atoms with Crippen LogP contribution in [0.5, 0.6) is 0 Å². The zero-order chi connectivity index (χ0) is 16.2. The Labute approximate surface area is 135 Å². The SMILES string of the molecule is CCc1nccn1CCNCc1cc(=O)c2cc(C)ccc2[nH]1. The summed E-state index contributed by atoms with van der Waals surface area (Å²) in [6.07, 6.45) is 4.77. The molecule has 2 N–H and O–H groups in total. The number of benzene rings is 1. The molecule has 0 fully saturated rings. The van der Waals surface area contributed by atoms with E-state index in [4.69, 9.17) is 0 Å². The molecule has 0 saturated carbocycles. The zero-order valence-corrected chi connectivity index (χ0v) is 13.6. The highest BCUT2D eigenvalue weighted by atomic mass is 16.1. The molecule has 23 heavy (non-hydrogen) atoms. The molecule has 3 aromatic rings. The fourth-order valence-electron chi connectivity index (χ4n) is 2.79. The lowest BCUT2D eigenvalue weighted by molar-refractivity contribution is 0.577. The second kappa shape index (κ2) is 6.79. The van der Waals surface area contributed by atoms with Crippen LogP contribution in [0.3, 0.4) is 0 Å². The van der Waals surface area contributed by atoms with Crippen LogP contribution in [-0.4, -0.2) is 21.1 Å². The van der Waals surface area contributed by atoms with E-state index in [1.807, 2.05) is 37.5 Å². The Morgan fingerprint density at radius 1 is 1.30 bits per heavy atom. The molecule has 0 aliphatic heterocycles. The first-order valence-corrected chi connectivity index (χ1v) is 8.00. The number of fused-ring (bicyclic) bond motifs is 1. The highest BCUT2D eigenvalue weighted by Gasteiger charge is 2.03. The highest BCUT2D eigenvalue weighted by Crippen LogP contribution is 2.10. The summed E-state index contributed by atoms with van der Waals surface area (Å²) in [5, 5.41) is 4.13. The molecule has 0 spiro atoms. The average Bonchev–Trinajstić information content (AvgIpc) is 3.00. The van der Waals surface area contributed by atoms with E-state index in [1.165, 1.54) is 0 Å². The van der Waals surface area contributed by atoms with Gasteiger partial charge in [-0.2, -0.15) is 0 Å². The van der Waals surface area contributed by atoms with Crippen LogP contribution in [0.2, 0.25) is 0 Å². The first-order valence-electron chi connectivity index (χ1n) is 8.00. The average molecular weight is 310 g/mol. The van der Waals surface area contributed by atoms with Crippen LogP contribution in [0.4, 0.5) is 0 Å². The molecule has 5 nitrogen and oxygen atoms in total. The summed E-state index contributed by atoms with van der Waals surface area (Å²) in [4.78, 5) is 19.8. The Bertz CT molecular complexity index is 863. The topological polar surface area (TPSA) is 62.7 Å². The normalized spacial score (nSPS) is 11.2. The Morgan fingerprint density at radius 3 is 3.00 bits per heavy atom. The fourth-order valence-corrected chi connectivity index (χ4v) is 2.79. The van der Waals surface area contributed by atoms with Crippen LogP contribution < -0.4 is 10.7 Å². The second-order valence-corrected chi connectivity index (χ2v) is 5.78. The van der Waals surface area contributed by atoms with Gasteiger partial charge in [0.05, 0.1) is 0 Å². The number of hydrogen-bond acceptors (Lipinski definition) is 3. The van der Waals surface area contributed by atoms with Crippen LogP contribution in [-0.2, 0) is 19.5 Å². The Morgan fingerprint density at radius 2 is 2.17 bits per heavy atom. The maximum atomic E-state index is 12.2. The molecule has 0 unspecified atom stereocenters. The van der Waals surface area contributed by atoms with Crippen molar-refractivity contribution in [2.24, 2.45) is 0 Å². The summed E-state index contributed by atoms with van der Waals surface area (Å²) >= 11 is 0. The number of H-pyrrole nitrogens is 1. The molecule has 2 heterocycles. The molecule has 0 radical (unpaired) electrons. The van der Waals surface area contributed by atoms with Gasteiger partial charge in [-0.05, 0) is 19.1 Å². The first-order chi connectivity index (χ1) is 11.2. The van der Waals surface area contributed by atoms with E-state index in [-0.39, 0.29) is 5.43 Å². The van der Waals surface area contributed by atoms with Crippen LogP contribution in [0.1, 0.15) is 24.0 Å². The Hall–Kier alpha value is -2.40. The van der Waals surface area contributed by atoms with Crippen molar-refractivity contribution in [3.63, 3.8) is 0 Å². The summed E-state index contributed by atoms with van der Waals surface area (Å²) in [6, 6.07) is 7.59. The molecule has 5 heteroatoms. The van der Waals surface area contributed by atoms with Gasteiger partial charge in [0, 0.05) is 61.1 Å². The molecular formula is C18H22N4O. The molecule has 3 rings (SSSR count). The standard InChI is InChI=1S/C18H22N4O/c1-3-18-20-7-9-22(18)8-6-19-12-14-11-17(23)15-10-13(2)4-5-16(15)21-14/h4-5,7,9-11,19H,3,6,8,12H2,1-2H3,(H,21,23). The molecule has 0 atom stereocenters. The quantitative estimate of drug-likeness (QED) is 0.687.